The van der Waals surface area contributed by atoms with Gasteiger partial charge in [0.25, 0.3) is 0 Å². The predicted molar refractivity (Wildman–Crippen MR) is 81.9 cm³/mol. The van der Waals surface area contributed by atoms with Crippen molar-refractivity contribution in [1.29, 1.82) is 0 Å². The molecule has 2 fully saturated rings. The number of rotatable bonds is 2. The number of nitrogens with zero attached hydrogens (tertiary/aromatic N) is 1. The molecule has 0 radical (unpaired) electrons. The van der Waals surface area contributed by atoms with Crippen molar-refractivity contribution in [2.45, 2.75) is 37.9 Å². The van der Waals surface area contributed by atoms with Gasteiger partial charge in [-0.25, -0.2) is 8.42 Å². The molecule has 0 saturated carbocycles. The van der Waals surface area contributed by atoms with Gasteiger partial charge in [0.15, 0.2) is 9.84 Å². The molecule has 0 aliphatic carbocycles. The molecule has 0 aromatic heterocycles. The van der Waals surface area contributed by atoms with E-state index in [1.54, 1.807) is 4.90 Å². The third-order valence-electron chi connectivity index (χ3n) is 4.79. The third kappa shape index (κ3) is 3.86. The Bertz CT molecular complexity index is 437. The highest BCUT2D eigenvalue weighted by atomic mass is 35.5. The number of halogens is 1. The van der Waals surface area contributed by atoms with Crippen molar-refractivity contribution in [3.8, 4) is 0 Å². The lowest BCUT2D eigenvalue weighted by Gasteiger charge is -2.44. The number of sulfone groups is 1. The van der Waals surface area contributed by atoms with Gasteiger partial charge < -0.3 is 10.2 Å². The van der Waals surface area contributed by atoms with E-state index in [0.717, 1.165) is 32.2 Å². The largest absolute Gasteiger partial charge is 0.342 e. The summed E-state index contributed by atoms with van der Waals surface area (Å²) in [4.78, 5) is 13.9. The zero-order chi connectivity index (χ0) is 14.1. The second kappa shape index (κ2) is 6.62. The van der Waals surface area contributed by atoms with Gasteiger partial charge in [0.05, 0.1) is 0 Å². The summed E-state index contributed by atoms with van der Waals surface area (Å²) in [7, 11) is -3.29. The lowest BCUT2D eigenvalue weighted by Crippen LogP contribution is -2.50. The minimum absolute atomic E-state index is 0. The highest BCUT2D eigenvalue weighted by Crippen LogP contribution is 2.39. The molecule has 2 aliphatic rings. The average molecular weight is 325 g/mol. The topological polar surface area (TPSA) is 66.5 Å². The Morgan fingerprint density at radius 3 is 2.10 bits per heavy atom. The maximum Gasteiger partial charge on any atom is 0.240 e. The SMILES string of the molecule is CC(C(=O)N1CCC2(CCNCC2)CC1)S(C)(=O)=O.Cl. The van der Waals surface area contributed by atoms with E-state index in [-0.39, 0.29) is 18.3 Å². The first kappa shape index (κ1) is 17.7. The number of piperidine rings is 2. The molecule has 2 rings (SSSR count). The van der Waals surface area contributed by atoms with Gasteiger partial charge in [-0.05, 0) is 51.1 Å². The number of likely N-dealkylation sites (tertiary alicyclic amines) is 1. The van der Waals surface area contributed by atoms with E-state index in [2.05, 4.69) is 5.32 Å². The molecule has 7 heteroatoms. The number of hydrogen-bond donors (Lipinski definition) is 1. The van der Waals surface area contributed by atoms with Crippen molar-refractivity contribution >= 4 is 28.2 Å². The van der Waals surface area contributed by atoms with E-state index in [9.17, 15) is 13.2 Å². The molecule has 2 aliphatic heterocycles. The quantitative estimate of drug-likeness (QED) is 0.817. The first-order valence-electron chi connectivity index (χ1n) is 7.02. The van der Waals surface area contributed by atoms with Gasteiger partial charge in [0.2, 0.25) is 5.91 Å². The van der Waals surface area contributed by atoms with Crippen LogP contribution in [0.25, 0.3) is 0 Å². The van der Waals surface area contributed by atoms with Crippen LogP contribution in [0.15, 0.2) is 0 Å². The Balaban J connectivity index is 0.00000200. The lowest BCUT2D eigenvalue weighted by molar-refractivity contribution is -0.133. The Morgan fingerprint density at radius 1 is 1.15 bits per heavy atom. The molecule has 1 N–H and O–H groups in total. The maximum absolute atomic E-state index is 12.2. The number of amides is 1. The van der Waals surface area contributed by atoms with Crippen LogP contribution in [0.5, 0.6) is 0 Å². The summed E-state index contributed by atoms with van der Waals surface area (Å²) in [6.07, 6.45) is 5.51. The highest BCUT2D eigenvalue weighted by molar-refractivity contribution is 7.92. The molecule has 2 saturated heterocycles. The van der Waals surface area contributed by atoms with Crippen molar-refractivity contribution in [3.63, 3.8) is 0 Å². The number of carbonyl (C=O) groups is 1. The molecule has 20 heavy (non-hydrogen) atoms. The molecular weight excluding hydrogens is 300 g/mol. The minimum Gasteiger partial charge on any atom is -0.342 e. The molecule has 5 nitrogen and oxygen atoms in total. The Labute approximate surface area is 127 Å². The van der Waals surface area contributed by atoms with Gasteiger partial charge in [0, 0.05) is 19.3 Å². The molecule has 118 valence electrons. The summed E-state index contributed by atoms with van der Waals surface area (Å²) < 4.78 is 22.9. The maximum atomic E-state index is 12.2. The van der Waals surface area contributed by atoms with Crippen LogP contribution in [0.2, 0.25) is 0 Å². The Morgan fingerprint density at radius 2 is 1.65 bits per heavy atom. The lowest BCUT2D eigenvalue weighted by atomic mass is 9.71. The number of carbonyl (C=O) groups excluding carboxylic acids is 1. The smallest absolute Gasteiger partial charge is 0.240 e. The van der Waals surface area contributed by atoms with Crippen LogP contribution in [-0.2, 0) is 14.6 Å². The van der Waals surface area contributed by atoms with Crippen LogP contribution in [-0.4, -0.2) is 56.9 Å². The minimum atomic E-state index is -3.29. The first-order chi connectivity index (χ1) is 8.84. The molecule has 1 unspecified atom stereocenters. The summed E-state index contributed by atoms with van der Waals surface area (Å²) in [5.41, 5.74) is 0.385. The van der Waals surface area contributed by atoms with Crippen molar-refractivity contribution < 1.29 is 13.2 Å². The molecule has 1 atom stereocenters. The summed E-state index contributed by atoms with van der Waals surface area (Å²) in [6, 6.07) is 0. The van der Waals surface area contributed by atoms with Crippen LogP contribution >= 0.6 is 12.4 Å². The second-order valence-corrected chi connectivity index (χ2v) is 8.41. The van der Waals surface area contributed by atoms with Gasteiger partial charge in [-0.1, -0.05) is 0 Å². The zero-order valence-corrected chi connectivity index (χ0v) is 13.9. The van der Waals surface area contributed by atoms with E-state index >= 15 is 0 Å². The molecular formula is C13H25ClN2O3S. The summed E-state index contributed by atoms with van der Waals surface area (Å²) >= 11 is 0. The molecule has 0 bridgehead atoms. The van der Waals surface area contributed by atoms with Crippen LogP contribution in [0, 0.1) is 5.41 Å². The monoisotopic (exact) mass is 324 g/mol. The van der Waals surface area contributed by atoms with Crippen molar-refractivity contribution in [1.82, 2.24) is 10.2 Å². The fraction of sp³-hybridized carbons (Fsp3) is 0.923. The standard InChI is InChI=1S/C13H24N2O3S.ClH/c1-11(19(2,17)18)12(16)15-9-5-13(6-10-15)3-7-14-8-4-13;/h11,14H,3-10H2,1-2H3;1H. The Hall–Kier alpha value is -0.330. The molecule has 2 heterocycles. The summed E-state index contributed by atoms with van der Waals surface area (Å²) in [5, 5.41) is 2.46. The molecule has 1 amide bonds. The number of hydrogen-bond acceptors (Lipinski definition) is 4. The first-order valence-corrected chi connectivity index (χ1v) is 8.98. The second-order valence-electron chi connectivity index (χ2n) is 6.05. The van der Waals surface area contributed by atoms with Crippen molar-refractivity contribution in [2.24, 2.45) is 5.41 Å². The number of nitrogens with one attached hydrogen (secondary N) is 1. The molecule has 1 spiro atoms. The van der Waals surface area contributed by atoms with Crippen molar-refractivity contribution in [3.05, 3.63) is 0 Å². The molecule has 0 aromatic rings. The van der Waals surface area contributed by atoms with Gasteiger partial charge in [-0.2, -0.15) is 0 Å². The Kier molecular flexibility index (Phi) is 5.87. The van der Waals surface area contributed by atoms with Gasteiger partial charge >= 0.3 is 0 Å². The fourth-order valence-electron chi connectivity index (χ4n) is 3.10. The fourth-order valence-corrected chi connectivity index (χ4v) is 3.61. The van der Waals surface area contributed by atoms with Crippen LogP contribution in [0.1, 0.15) is 32.6 Å². The van der Waals surface area contributed by atoms with E-state index in [4.69, 9.17) is 0 Å². The summed E-state index contributed by atoms with van der Waals surface area (Å²) in [5.74, 6) is -0.230. The van der Waals surface area contributed by atoms with Gasteiger partial charge in [-0.3, -0.25) is 4.79 Å². The van der Waals surface area contributed by atoms with E-state index in [1.165, 1.54) is 19.8 Å². The van der Waals surface area contributed by atoms with E-state index < -0.39 is 15.1 Å². The highest BCUT2D eigenvalue weighted by Gasteiger charge is 2.38. The van der Waals surface area contributed by atoms with Gasteiger partial charge in [0.1, 0.15) is 5.25 Å². The normalized spacial score (nSPS) is 24.0. The third-order valence-corrected chi connectivity index (χ3v) is 6.28. The van der Waals surface area contributed by atoms with Crippen LogP contribution < -0.4 is 5.32 Å². The summed E-state index contributed by atoms with van der Waals surface area (Å²) in [6.45, 7) is 5.03. The van der Waals surface area contributed by atoms with Crippen LogP contribution in [0.4, 0.5) is 0 Å². The zero-order valence-electron chi connectivity index (χ0n) is 12.2. The average Bonchev–Trinajstić information content (AvgIpc) is 2.38. The van der Waals surface area contributed by atoms with E-state index in [1.807, 2.05) is 0 Å². The molecule has 0 aromatic carbocycles. The van der Waals surface area contributed by atoms with Crippen molar-refractivity contribution in [2.75, 3.05) is 32.4 Å². The van der Waals surface area contributed by atoms with E-state index in [0.29, 0.717) is 18.5 Å². The van der Waals surface area contributed by atoms with Gasteiger partial charge in [-0.15, -0.1) is 12.4 Å². The van der Waals surface area contributed by atoms with Crippen LogP contribution in [0.3, 0.4) is 0 Å². The predicted octanol–water partition coefficient (Wildman–Crippen LogP) is 0.833.